The van der Waals surface area contributed by atoms with Gasteiger partial charge in [0.1, 0.15) is 5.75 Å². The van der Waals surface area contributed by atoms with E-state index in [0.717, 1.165) is 5.56 Å². The monoisotopic (exact) mass is 337 g/mol. The van der Waals surface area contributed by atoms with E-state index in [1.807, 2.05) is 37.3 Å². The number of hydrogen-bond acceptors (Lipinski definition) is 4. The standard InChI is InChI=1S/C19H19N3O3/c1-2-25-16-11-7-6-10-14(16)15-12-17(23)21-19(20-15)22-18(24)13-8-4-3-5-9-13/h3-11,15H,2,12H2,1H3,(H2,20,21,22,23,24)/t15-/m0/s1. The number of carbonyl (C=O) groups is 2. The van der Waals surface area contributed by atoms with E-state index >= 15 is 0 Å². The van der Waals surface area contributed by atoms with E-state index in [-0.39, 0.29) is 24.2 Å². The van der Waals surface area contributed by atoms with Gasteiger partial charge < -0.3 is 4.74 Å². The van der Waals surface area contributed by atoms with Crippen molar-refractivity contribution in [2.75, 3.05) is 6.61 Å². The molecule has 0 spiro atoms. The first-order valence-corrected chi connectivity index (χ1v) is 8.13. The molecule has 2 aromatic rings. The molecule has 0 aliphatic carbocycles. The molecule has 0 saturated carbocycles. The van der Waals surface area contributed by atoms with Crippen molar-refractivity contribution in [3.8, 4) is 5.75 Å². The summed E-state index contributed by atoms with van der Waals surface area (Å²) < 4.78 is 5.62. The van der Waals surface area contributed by atoms with Crippen LogP contribution in [0.5, 0.6) is 5.75 Å². The van der Waals surface area contributed by atoms with Gasteiger partial charge in [0.25, 0.3) is 5.91 Å². The minimum Gasteiger partial charge on any atom is -0.494 e. The molecule has 2 aromatic carbocycles. The Bertz CT molecular complexity index is 803. The maximum atomic E-state index is 12.3. The molecule has 1 atom stereocenters. The van der Waals surface area contributed by atoms with Gasteiger partial charge in [-0.05, 0) is 25.1 Å². The largest absolute Gasteiger partial charge is 0.494 e. The first-order valence-electron chi connectivity index (χ1n) is 8.13. The Labute approximate surface area is 145 Å². The van der Waals surface area contributed by atoms with Crippen molar-refractivity contribution in [3.63, 3.8) is 0 Å². The van der Waals surface area contributed by atoms with Crippen LogP contribution in [0, 0.1) is 0 Å². The van der Waals surface area contributed by atoms with E-state index in [2.05, 4.69) is 15.6 Å². The molecule has 1 aliphatic heterocycles. The summed E-state index contributed by atoms with van der Waals surface area (Å²) >= 11 is 0. The number of guanidine groups is 1. The van der Waals surface area contributed by atoms with E-state index in [4.69, 9.17) is 4.74 Å². The van der Waals surface area contributed by atoms with Gasteiger partial charge in [0.05, 0.1) is 19.1 Å². The van der Waals surface area contributed by atoms with Gasteiger partial charge in [0.2, 0.25) is 11.9 Å². The van der Waals surface area contributed by atoms with E-state index in [1.54, 1.807) is 24.3 Å². The molecular formula is C19H19N3O3. The normalized spacial score (nSPS) is 16.6. The second-order valence-electron chi connectivity index (χ2n) is 5.54. The fourth-order valence-corrected chi connectivity index (χ4v) is 2.65. The number of benzene rings is 2. The predicted molar refractivity (Wildman–Crippen MR) is 94.5 cm³/mol. The lowest BCUT2D eigenvalue weighted by Gasteiger charge is -2.23. The molecule has 0 fully saturated rings. The van der Waals surface area contributed by atoms with Gasteiger partial charge in [0, 0.05) is 11.1 Å². The number of nitrogens with zero attached hydrogens (tertiary/aromatic N) is 1. The second kappa shape index (κ2) is 7.61. The number of ether oxygens (including phenoxy) is 1. The minimum atomic E-state index is -0.400. The van der Waals surface area contributed by atoms with Gasteiger partial charge in [-0.25, -0.2) is 4.99 Å². The van der Waals surface area contributed by atoms with Gasteiger partial charge in [-0.2, -0.15) is 0 Å². The number of para-hydroxylation sites is 1. The van der Waals surface area contributed by atoms with E-state index < -0.39 is 6.04 Å². The van der Waals surface area contributed by atoms with Crippen molar-refractivity contribution < 1.29 is 14.3 Å². The molecule has 1 heterocycles. The maximum absolute atomic E-state index is 12.3. The number of carbonyl (C=O) groups excluding carboxylic acids is 2. The van der Waals surface area contributed by atoms with Crippen LogP contribution in [0.25, 0.3) is 0 Å². The number of aliphatic imine (C=N–C) groups is 1. The summed E-state index contributed by atoms with van der Waals surface area (Å²) in [5.74, 6) is 0.330. The Morgan fingerprint density at radius 3 is 2.68 bits per heavy atom. The topological polar surface area (TPSA) is 79.8 Å². The highest BCUT2D eigenvalue weighted by Gasteiger charge is 2.25. The van der Waals surface area contributed by atoms with Gasteiger partial charge in [-0.3, -0.25) is 20.2 Å². The number of rotatable bonds is 4. The van der Waals surface area contributed by atoms with Crippen LogP contribution in [-0.2, 0) is 4.79 Å². The van der Waals surface area contributed by atoms with Crippen molar-refractivity contribution in [1.82, 2.24) is 10.6 Å². The van der Waals surface area contributed by atoms with Crippen molar-refractivity contribution in [2.24, 2.45) is 4.99 Å². The second-order valence-corrected chi connectivity index (χ2v) is 5.54. The third-order valence-corrected chi connectivity index (χ3v) is 3.77. The van der Waals surface area contributed by atoms with Crippen LogP contribution in [0.15, 0.2) is 59.6 Å². The lowest BCUT2D eigenvalue weighted by molar-refractivity contribution is -0.120. The third-order valence-electron chi connectivity index (χ3n) is 3.77. The SMILES string of the molecule is CCOc1ccccc1[C@@H]1CC(=O)NC(NC(=O)c2ccccc2)=N1. The smallest absolute Gasteiger partial charge is 0.257 e. The van der Waals surface area contributed by atoms with Crippen LogP contribution >= 0.6 is 0 Å². The summed E-state index contributed by atoms with van der Waals surface area (Å²) in [6.07, 6.45) is 0.203. The molecule has 2 amide bonds. The Morgan fingerprint density at radius 1 is 1.20 bits per heavy atom. The molecule has 6 nitrogen and oxygen atoms in total. The van der Waals surface area contributed by atoms with Crippen molar-refractivity contribution >= 4 is 17.8 Å². The summed E-state index contributed by atoms with van der Waals surface area (Å²) in [6.45, 7) is 2.43. The zero-order valence-electron chi connectivity index (χ0n) is 13.9. The summed E-state index contributed by atoms with van der Waals surface area (Å²) in [5, 5.41) is 5.26. The van der Waals surface area contributed by atoms with E-state index in [0.29, 0.717) is 17.9 Å². The molecule has 25 heavy (non-hydrogen) atoms. The Morgan fingerprint density at radius 2 is 1.92 bits per heavy atom. The average Bonchev–Trinajstić information content (AvgIpc) is 2.62. The minimum absolute atomic E-state index is 0.154. The summed E-state index contributed by atoms with van der Waals surface area (Å²) in [5.41, 5.74) is 1.32. The van der Waals surface area contributed by atoms with Crippen LogP contribution < -0.4 is 15.4 Å². The van der Waals surface area contributed by atoms with Crippen molar-refractivity contribution in [1.29, 1.82) is 0 Å². The molecule has 0 bridgehead atoms. The summed E-state index contributed by atoms with van der Waals surface area (Å²) in [4.78, 5) is 28.8. The lowest BCUT2D eigenvalue weighted by Crippen LogP contribution is -2.47. The number of nitrogens with one attached hydrogen (secondary N) is 2. The molecule has 6 heteroatoms. The molecule has 3 rings (SSSR count). The summed E-state index contributed by atoms with van der Waals surface area (Å²) in [7, 11) is 0. The van der Waals surface area contributed by atoms with Gasteiger partial charge in [-0.1, -0.05) is 36.4 Å². The van der Waals surface area contributed by atoms with E-state index in [9.17, 15) is 9.59 Å². The fraction of sp³-hybridized carbons (Fsp3) is 0.211. The Kier molecular flexibility index (Phi) is 5.09. The zero-order valence-corrected chi connectivity index (χ0v) is 13.9. The zero-order chi connectivity index (χ0) is 17.6. The first-order chi connectivity index (χ1) is 12.2. The van der Waals surface area contributed by atoms with Crippen molar-refractivity contribution in [2.45, 2.75) is 19.4 Å². The average molecular weight is 337 g/mol. The summed E-state index contributed by atoms with van der Waals surface area (Å²) in [6, 6.07) is 15.9. The molecule has 128 valence electrons. The van der Waals surface area contributed by atoms with Crippen LogP contribution in [0.4, 0.5) is 0 Å². The Hall–Kier alpha value is -3.15. The quantitative estimate of drug-likeness (QED) is 0.899. The van der Waals surface area contributed by atoms with Gasteiger partial charge in [0.15, 0.2) is 0 Å². The first kappa shape index (κ1) is 16.7. The molecule has 2 N–H and O–H groups in total. The Balaban J connectivity index is 1.83. The fourth-order valence-electron chi connectivity index (χ4n) is 2.65. The van der Waals surface area contributed by atoms with Gasteiger partial charge >= 0.3 is 0 Å². The molecule has 0 saturated heterocycles. The van der Waals surface area contributed by atoms with E-state index in [1.165, 1.54) is 0 Å². The van der Waals surface area contributed by atoms with Crippen LogP contribution in [0.1, 0.15) is 35.3 Å². The van der Waals surface area contributed by atoms with Crippen molar-refractivity contribution in [3.05, 3.63) is 65.7 Å². The molecular weight excluding hydrogens is 318 g/mol. The number of hydrogen-bond donors (Lipinski definition) is 2. The molecule has 0 radical (unpaired) electrons. The molecule has 0 aromatic heterocycles. The highest BCUT2D eigenvalue weighted by Crippen LogP contribution is 2.31. The maximum Gasteiger partial charge on any atom is 0.257 e. The third kappa shape index (κ3) is 4.03. The number of amides is 2. The van der Waals surface area contributed by atoms with Crippen LogP contribution in [-0.4, -0.2) is 24.4 Å². The molecule has 1 aliphatic rings. The van der Waals surface area contributed by atoms with Crippen LogP contribution in [0.3, 0.4) is 0 Å². The molecule has 0 unspecified atom stereocenters. The highest BCUT2D eigenvalue weighted by molar-refractivity contribution is 6.10. The highest BCUT2D eigenvalue weighted by atomic mass is 16.5. The predicted octanol–water partition coefficient (Wildman–Crippen LogP) is 2.43. The lowest BCUT2D eigenvalue weighted by atomic mass is 10.0. The van der Waals surface area contributed by atoms with Crippen LogP contribution in [0.2, 0.25) is 0 Å². The van der Waals surface area contributed by atoms with Gasteiger partial charge in [-0.15, -0.1) is 0 Å².